The number of benzene rings is 2. The lowest BCUT2D eigenvalue weighted by Gasteiger charge is -2.19. The Morgan fingerprint density at radius 1 is 1.20 bits per heavy atom. The molecule has 1 fully saturated rings. The first-order chi connectivity index (χ1) is 16.7. The van der Waals surface area contributed by atoms with E-state index in [0.717, 1.165) is 42.9 Å². The topological polar surface area (TPSA) is 48.0 Å². The van der Waals surface area contributed by atoms with Crippen molar-refractivity contribution in [3.05, 3.63) is 59.4 Å². The van der Waals surface area contributed by atoms with Gasteiger partial charge in [-0.3, -0.25) is 14.1 Å². The number of ether oxygens (including phenoxy) is 3. The molecule has 2 aromatic carbocycles. The minimum Gasteiger partial charge on any atom is -0.492 e. The number of alkyl halides is 1. The van der Waals surface area contributed by atoms with Gasteiger partial charge in [-0.1, -0.05) is 18.2 Å². The second-order valence-electron chi connectivity index (χ2n) is 10.1. The van der Waals surface area contributed by atoms with Gasteiger partial charge in [-0.2, -0.15) is 0 Å². The van der Waals surface area contributed by atoms with Crippen molar-refractivity contribution in [1.82, 2.24) is 4.90 Å². The number of carbonyl (C=O) groups is 1. The molecule has 35 heavy (non-hydrogen) atoms. The van der Waals surface area contributed by atoms with E-state index >= 15 is 0 Å². The van der Waals surface area contributed by atoms with Gasteiger partial charge in [-0.25, -0.2) is 4.39 Å². The first kappa shape index (κ1) is 25.2. The second kappa shape index (κ2) is 10.8. The zero-order valence-electron chi connectivity index (χ0n) is 20.6. The van der Waals surface area contributed by atoms with Crippen LogP contribution in [0.4, 0.5) is 8.78 Å². The SMILES string of the molecule is CC(C)(C)C(=O)Oc1cc2c(cc1F)C(c1ccc(O[C@H]3CCN(CCCF)C3)cc1)=CCCO2. The van der Waals surface area contributed by atoms with Crippen LogP contribution in [0.25, 0.3) is 5.57 Å². The Morgan fingerprint density at radius 3 is 2.69 bits per heavy atom. The van der Waals surface area contributed by atoms with Crippen LogP contribution in [-0.2, 0) is 4.79 Å². The van der Waals surface area contributed by atoms with Crippen LogP contribution in [0.1, 0.15) is 51.2 Å². The number of likely N-dealkylation sites (tertiary alicyclic amines) is 1. The number of carbonyl (C=O) groups excluding carboxylic acids is 1. The van der Waals surface area contributed by atoms with E-state index in [1.165, 1.54) is 12.1 Å². The Kier molecular flexibility index (Phi) is 7.75. The molecule has 0 saturated carbocycles. The molecule has 0 aromatic heterocycles. The normalized spacial score (nSPS) is 18.3. The van der Waals surface area contributed by atoms with Crippen molar-refractivity contribution in [1.29, 1.82) is 0 Å². The molecule has 0 spiro atoms. The maximum atomic E-state index is 14.9. The Balaban J connectivity index is 1.49. The summed E-state index contributed by atoms with van der Waals surface area (Å²) >= 11 is 0. The molecule has 7 heteroatoms. The molecule has 2 aliphatic heterocycles. The van der Waals surface area contributed by atoms with E-state index in [1.54, 1.807) is 20.8 Å². The summed E-state index contributed by atoms with van der Waals surface area (Å²) in [4.78, 5) is 14.5. The maximum Gasteiger partial charge on any atom is 0.316 e. The van der Waals surface area contributed by atoms with Crippen LogP contribution in [0.2, 0.25) is 0 Å². The first-order valence-corrected chi connectivity index (χ1v) is 12.2. The van der Waals surface area contributed by atoms with Gasteiger partial charge in [0.15, 0.2) is 11.6 Å². The van der Waals surface area contributed by atoms with Crippen LogP contribution in [0.5, 0.6) is 17.2 Å². The molecule has 188 valence electrons. The predicted molar refractivity (Wildman–Crippen MR) is 131 cm³/mol. The number of nitrogens with zero attached hydrogens (tertiary/aromatic N) is 1. The molecule has 2 heterocycles. The minimum absolute atomic E-state index is 0.0926. The Labute approximate surface area is 205 Å². The van der Waals surface area contributed by atoms with Gasteiger partial charge in [0.05, 0.1) is 18.7 Å². The van der Waals surface area contributed by atoms with Gasteiger partial charge in [0.2, 0.25) is 0 Å². The zero-order chi connectivity index (χ0) is 25.0. The highest BCUT2D eigenvalue weighted by Gasteiger charge is 2.27. The average Bonchev–Trinajstić information content (AvgIpc) is 3.16. The summed E-state index contributed by atoms with van der Waals surface area (Å²) in [7, 11) is 0. The molecule has 0 amide bonds. The summed E-state index contributed by atoms with van der Waals surface area (Å²) in [5.41, 5.74) is 1.64. The van der Waals surface area contributed by atoms with Crippen molar-refractivity contribution in [3.8, 4) is 17.2 Å². The molecule has 0 unspecified atom stereocenters. The zero-order valence-corrected chi connectivity index (χ0v) is 20.6. The average molecular weight is 486 g/mol. The molecule has 5 nitrogen and oxygen atoms in total. The molecule has 1 atom stereocenters. The van der Waals surface area contributed by atoms with Gasteiger partial charge in [-0.05, 0) is 62.9 Å². The van der Waals surface area contributed by atoms with Gasteiger partial charge in [0.1, 0.15) is 17.6 Å². The molecule has 0 bridgehead atoms. The fraction of sp³-hybridized carbons (Fsp3) is 0.464. The van der Waals surface area contributed by atoms with Crippen LogP contribution < -0.4 is 14.2 Å². The number of fused-ring (bicyclic) bond motifs is 1. The van der Waals surface area contributed by atoms with Gasteiger partial charge in [0, 0.05) is 37.7 Å². The highest BCUT2D eigenvalue weighted by atomic mass is 19.1. The summed E-state index contributed by atoms with van der Waals surface area (Å²) in [6, 6.07) is 10.6. The van der Waals surface area contributed by atoms with E-state index in [2.05, 4.69) is 4.90 Å². The lowest BCUT2D eigenvalue weighted by atomic mass is 9.96. The summed E-state index contributed by atoms with van der Waals surface area (Å²) < 4.78 is 44.7. The summed E-state index contributed by atoms with van der Waals surface area (Å²) in [6.45, 7) is 7.80. The summed E-state index contributed by atoms with van der Waals surface area (Å²) in [5.74, 6) is -0.00918. The van der Waals surface area contributed by atoms with Crippen molar-refractivity contribution in [3.63, 3.8) is 0 Å². The highest BCUT2D eigenvalue weighted by molar-refractivity contribution is 5.84. The molecule has 0 N–H and O–H groups in total. The second-order valence-corrected chi connectivity index (χ2v) is 10.1. The third-order valence-electron chi connectivity index (χ3n) is 6.17. The monoisotopic (exact) mass is 485 g/mol. The molecular formula is C28H33F2NO4. The third kappa shape index (κ3) is 6.20. The number of hydrogen-bond donors (Lipinski definition) is 0. The molecule has 4 rings (SSSR count). The van der Waals surface area contributed by atoms with Crippen LogP contribution in [0, 0.1) is 11.2 Å². The fourth-order valence-corrected chi connectivity index (χ4v) is 4.24. The van der Waals surface area contributed by atoms with Crippen molar-refractivity contribution in [2.75, 3.05) is 32.9 Å². The molecule has 0 aliphatic carbocycles. The fourth-order valence-electron chi connectivity index (χ4n) is 4.24. The van der Waals surface area contributed by atoms with E-state index in [0.29, 0.717) is 30.8 Å². The highest BCUT2D eigenvalue weighted by Crippen LogP contribution is 2.38. The molecule has 2 aliphatic rings. The summed E-state index contributed by atoms with van der Waals surface area (Å²) in [5, 5.41) is 0. The Hall–Kier alpha value is -2.93. The quantitative estimate of drug-likeness (QED) is 0.366. The third-order valence-corrected chi connectivity index (χ3v) is 6.17. The Bertz CT molecular complexity index is 1080. The number of halogens is 2. The smallest absolute Gasteiger partial charge is 0.316 e. The summed E-state index contributed by atoms with van der Waals surface area (Å²) in [6.07, 6.45) is 4.27. The predicted octanol–water partition coefficient (Wildman–Crippen LogP) is 5.80. The molecule has 1 saturated heterocycles. The minimum atomic E-state index is -0.750. The van der Waals surface area contributed by atoms with Crippen molar-refractivity contribution < 1.29 is 27.8 Å². The molecule has 2 aromatic rings. The number of rotatable bonds is 7. The van der Waals surface area contributed by atoms with E-state index in [1.807, 2.05) is 30.3 Å². The largest absolute Gasteiger partial charge is 0.492 e. The first-order valence-electron chi connectivity index (χ1n) is 12.2. The Morgan fingerprint density at radius 2 is 1.97 bits per heavy atom. The van der Waals surface area contributed by atoms with Crippen molar-refractivity contribution in [2.24, 2.45) is 5.41 Å². The number of esters is 1. The van der Waals surface area contributed by atoms with E-state index < -0.39 is 17.2 Å². The molecule has 0 radical (unpaired) electrons. The van der Waals surface area contributed by atoms with Crippen molar-refractivity contribution >= 4 is 11.5 Å². The van der Waals surface area contributed by atoms with Crippen molar-refractivity contribution in [2.45, 2.75) is 46.1 Å². The molecular weight excluding hydrogens is 452 g/mol. The lowest BCUT2D eigenvalue weighted by molar-refractivity contribution is -0.143. The number of hydrogen-bond acceptors (Lipinski definition) is 5. The van der Waals surface area contributed by atoms with Gasteiger partial charge < -0.3 is 14.2 Å². The van der Waals surface area contributed by atoms with Crippen LogP contribution in [-0.4, -0.2) is 49.9 Å². The van der Waals surface area contributed by atoms with E-state index in [4.69, 9.17) is 14.2 Å². The van der Waals surface area contributed by atoms with E-state index in [9.17, 15) is 13.6 Å². The van der Waals surface area contributed by atoms with Crippen LogP contribution in [0.15, 0.2) is 42.5 Å². The standard InChI is InChI=1S/C28H33F2NO4/c1-28(2,3)27(32)35-26-17-25-23(16-24(26)30)22(6-4-15-33-25)19-7-9-20(10-8-19)34-21-11-14-31(18-21)13-5-12-29/h6-10,16-17,21H,4-5,11-15,18H2,1-3H3/t21-/m0/s1. The van der Waals surface area contributed by atoms with E-state index in [-0.39, 0.29) is 18.5 Å². The van der Waals surface area contributed by atoms with Gasteiger partial charge >= 0.3 is 5.97 Å². The maximum absolute atomic E-state index is 14.9. The van der Waals surface area contributed by atoms with Crippen LogP contribution in [0.3, 0.4) is 0 Å². The van der Waals surface area contributed by atoms with Gasteiger partial charge in [-0.15, -0.1) is 0 Å². The lowest BCUT2D eigenvalue weighted by Crippen LogP contribution is -2.26. The van der Waals surface area contributed by atoms with Crippen LogP contribution >= 0.6 is 0 Å². The van der Waals surface area contributed by atoms with Gasteiger partial charge in [0.25, 0.3) is 0 Å².